The highest BCUT2D eigenvalue weighted by molar-refractivity contribution is 8.00. The predicted octanol–water partition coefficient (Wildman–Crippen LogP) is 3.23. The number of benzene rings is 4. The molecule has 0 saturated carbocycles. The van der Waals surface area contributed by atoms with Crippen LogP contribution in [-0.4, -0.2) is 61.5 Å². The number of amides is 2. The number of aryl methyl sites for hydroxylation is 4. The van der Waals surface area contributed by atoms with Crippen LogP contribution in [0.3, 0.4) is 0 Å². The van der Waals surface area contributed by atoms with Gasteiger partial charge in [-0.2, -0.15) is 9.98 Å². The Morgan fingerprint density at radius 2 is 0.962 bits per heavy atom. The highest BCUT2D eigenvalue weighted by Crippen LogP contribution is 2.35. The van der Waals surface area contributed by atoms with E-state index in [1.807, 2.05) is 31.2 Å². The van der Waals surface area contributed by atoms with Gasteiger partial charge in [-0.25, -0.2) is 25.3 Å². The largest absolute Gasteiger partial charge is 0.370 e. The topological polar surface area (TPSA) is 265 Å². The van der Waals surface area contributed by atoms with Crippen LogP contribution in [-0.2, 0) is 29.5 Å². The highest BCUT2D eigenvalue weighted by Gasteiger charge is 2.28. The van der Waals surface area contributed by atoms with Crippen molar-refractivity contribution >= 4 is 65.0 Å². The molecule has 2 amide bonds. The lowest BCUT2D eigenvalue weighted by molar-refractivity contribution is 0.0993. The van der Waals surface area contributed by atoms with E-state index in [1.54, 1.807) is 32.0 Å². The number of sulfone groups is 3. The molecule has 0 heterocycles. The van der Waals surface area contributed by atoms with E-state index in [4.69, 9.17) is 22.9 Å². The summed E-state index contributed by atoms with van der Waals surface area (Å²) in [4.78, 5) is 31.7. The van der Waals surface area contributed by atoms with Crippen LogP contribution in [0.4, 0.5) is 0 Å². The average molecular weight is 787 g/mol. The lowest BCUT2D eigenvalue weighted by Gasteiger charge is -2.13. The molecular weight excluding hydrogens is 749 g/mol. The van der Waals surface area contributed by atoms with Gasteiger partial charge < -0.3 is 22.9 Å². The summed E-state index contributed by atoms with van der Waals surface area (Å²) in [7, 11) is -11.7. The smallest absolute Gasteiger partial charge is 0.280 e. The number of guanidine groups is 2. The molecule has 0 aliphatic carbocycles. The molecule has 4 rings (SSSR count). The molecule has 0 aliphatic heterocycles. The molecule has 0 radical (unpaired) electrons. The van der Waals surface area contributed by atoms with E-state index in [1.165, 1.54) is 36.9 Å². The van der Waals surface area contributed by atoms with Crippen LogP contribution >= 0.6 is 11.8 Å². The molecule has 0 bridgehead atoms. The number of hydrogen-bond donors (Lipinski definition) is 4. The average Bonchev–Trinajstić information content (AvgIpc) is 3.00. The van der Waals surface area contributed by atoms with Crippen LogP contribution in [0.1, 0.15) is 43.0 Å². The maximum absolute atomic E-state index is 13.0. The Morgan fingerprint density at radius 3 is 1.38 bits per heavy atom. The van der Waals surface area contributed by atoms with E-state index in [0.717, 1.165) is 40.7 Å². The summed E-state index contributed by atoms with van der Waals surface area (Å²) in [5, 5.41) is 0. The van der Waals surface area contributed by atoms with Crippen molar-refractivity contribution in [2.75, 3.05) is 12.5 Å². The van der Waals surface area contributed by atoms with E-state index >= 15 is 0 Å². The Hall–Kier alpha value is -5.04. The number of nitrogens with zero attached hydrogens (tertiary/aromatic N) is 2. The van der Waals surface area contributed by atoms with Gasteiger partial charge >= 0.3 is 0 Å². The minimum atomic E-state index is -4.13. The zero-order chi connectivity index (χ0) is 39.3. The number of carbonyl (C=O) groups is 2. The summed E-state index contributed by atoms with van der Waals surface area (Å²) in [5.41, 5.74) is 23.7. The second-order valence-electron chi connectivity index (χ2n) is 11.7. The molecule has 0 saturated heterocycles. The molecule has 18 heteroatoms. The molecule has 0 unspecified atom stereocenters. The van der Waals surface area contributed by atoms with Crippen molar-refractivity contribution < 1.29 is 34.8 Å². The zero-order valence-corrected chi connectivity index (χ0v) is 32.3. The predicted molar refractivity (Wildman–Crippen MR) is 201 cm³/mol. The fraction of sp³-hybridized carbons (Fsp3) is 0.176. The number of hydrogen-bond acceptors (Lipinski definition) is 9. The summed E-state index contributed by atoms with van der Waals surface area (Å²) >= 11 is 1.32. The van der Waals surface area contributed by atoms with Crippen LogP contribution in [0, 0.1) is 27.7 Å². The molecule has 0 aromatic heterocycles. The summed E-state index contributed by atoms with van der Waals surface area (Å²) < 4.78 is 74.9. The first-order valence-electron chi connectivity index (χ1n) is 15.0. The van der Waals surface area contributed by atoms with Crippen molar-refractivity contribution in [3.05, 3.63) is 106 Å². The van der Waals surface area contributed by atoms with Gasteiger partial charge in [-0.1, -0.05) is 47.2 Å². The standard InChI is InChI=1S/C17H19N3O5S2.C17H19N3O3S2/c1-10-4-6-12(7-5-10)27(24,25)15-8-11(2)13(16(21)20-17(18)19)9-14(15)26(3,22)23;1-10-4-6-12(7-5-10)24-14-8-11(2)13(16(21)20-17(18)19)9-15(14)25(3,22)23/h4-9H,1-3H3,(H4,18,19,20,21);4-9H,1-3H3,(H4,18,19,20,21). The van der Waals surface area contributed by atoms with Gasteiger partial charge in [0, 0.05) is 33.4 Å². The molecule has 14 nitrogen and oxygen atoms in total. The summed E-state index contributed by atoms with van der Waals surface area (Å²) in [6, 6.07) is 18.9. The van der Waals surface area contributed by atoms with E-state index in [9.17, 15) is 34.8 Å². The summed E-state index contributed by atoms with van der Waals surface area (Å²) in [5.74, 6) is -2.40. The van der Waals surface area contributed by atoms with E-state index < -0.39 is 57.1 Å². The molecule has 52 heavy (non-hydrogen) atoms. The van der Waals surface area contributed by atoms with Crippen LogP contribution in [0.15, 0.2) is 112 Å². The third-order valence-corrected chi connectivity index (χ3v) is 12.6. The van der Waals surface area contributed by atoms with E-state index in [0.29, 0.717) is 10.5 Å². The third kappa shape index (κ3) is 10.5. The first-order chi connectivity index (χ1) is 23.9. The third-order valence-electron chi connectivity index (χ3n) is 7.17. The minimum Gasteiger partial charge on any atom is -0.370 e. The Labute approximate surface area is 307 Å². The van der Waals surface area contributed by atoms with Gasteiger partial charge in [0.15, 0.2) is 31.6 Å². The molecule has 4 aromatic rings. The lowest BCUT2D eigenvalue weighted by Crippen LogP contribution is -2.24. The number of carbonyl (C=O) groups excluding carboxylic acids is 2. The first kappa shape index (κ1) is 41.4. The van der Waals surface area contributed by atoms with Gasteiger partial charge in [0.1, 0.15) is 0 Å². The lowest BCUT2D eigenvalue weighted by atomic mass is 10.1. The van der Waals surface area contributed by atoms with Gasteiger partial charge in [0.25, 0.3) is 11.8 Å². The van der Waals surface area contributed by atoms with E-state index in [2.05, 4.69) is 9.98 Å². The Kier molecular flexibility index (Phi) is 12.8. The van der Waals surface area contributed by atoms with Crippen LogP contribution in [0.5, 0.6) is 0 Å². The summed E-state index contributed by atoms with van der Waals surface area (Å²) in [6.07, 6.45) is 1.96. The van der Waals surface area contributed by atoms with Gasteiger partial charge in [-0.15, -0.1) is 0 Å². The maximum Gasteiger partial charge on any atom is 0.280 e. The van der Waals surface area contributed by atoms with Crippen LogP contribution in [0.25, 0.3) is 0 Å². The van der Waals surface area contributed by atoms with Crippen molar-refractivity contribution in [2.24, 2.45) is 32.9 Å². The molecule has 276 valence electrons. The molecule has 0 atom stereocenters. The number of rotatable bonds is 8. The van der Waals surface area contributed by atoms with Crippen molar-refractivity contribution in [1.29, 1.82) is 0 Å². The molecular formula is C34H38N6O8S4. The molecule has 0 spiro atoms. The van der Waals surface area contributed by atoms with Gasteiger partial charge in [-0.05, 0) is 87.4 Å². The monoisotopic (exact) mass is 786 g/mol. The molecule has 8 N–H and O–H groups in total. The Balaban J connectivity index is 0.000000281. The summed E-state index contributed by atoms with van der Waals surface area (Å²) in [6.45, 7) is 6.95. The first-order valence-corrected chi connectivity index (χ1v) is 21.0. The van der Waals surface area contributed by atoms with Crippen molar-refractivity contribution in [3.8, 4) is 0 Å². The van der Waals surface area contributed by atoms with Crippen molar-refractivity contribution in [3.63, 3.8) is 0 Å². The Morgan fingerprint density at radius 1 is 0.558 bits per heavy atom. The van der Waals surface area contributed by atoms with Gasteiger partial charge in [-0.3, -0.25) is 9.59 Å². The fourth-order valence-corrected chi connectivity index (χ4v) is 9.79. The molecule has 0 fully saturated rings. The van der Waals surface area contributed by atoms with Gasteiger partial charge in [0.05, 0.1) is 19.6 Å². The number of aliphatic imine (C=N–C) groups is 2. The maximum atomic E-state index is 13.0. The molecule has 4 aromatic carbocycles. The second-order valence-corrected chi connectivity index (χ2v) is 18.7. The van der Waals surface area contributed by atoms with Gasteiger partial charge in [0.2, 0.25) is 9.84 Å². The van der Waals surface area contributed by atoms with Crippen molar-refractivity contribution in [2.45, 2.75) is 57.1 Å². The second kappa shape index (κ2) is 16.1. The minimum absolute atomic E-state index is 0.0549. The highest BCUT2D eigenvalue weighted by atomic mass is 32.2. The van der Waals surface area contributed by atoms with Crippen molar-refractivity contribution in [1.82, 2.24) is 0 Å². The number of nitrogens with two attached hydrogens (primary N) is 4. The van der Waals surface area contributed by atoms with E-state index in [-0.39, 0.29) is 32.4 Å². The zero-order valence-electron chi connectivity index (χ0n) is 29.0. The Bertz CT molecular complexity index is 2440. The quantitative estimate of drug-likeness (QED) is 0.148. The fourth-order valence-electron chi connectivity index (χ4n) is 4.59. The van der Waals surface area contributed by atoms with Crippen LogP contribution in [0.2, 0.25) is 0 Å². The normalized spacial score (nSPS) is 11.5. The van der Waals surface area contributed by atoms with Crippen LogP contribution < -0.4 is 22.9 Å². The SMILES string of the molecule is Cc1ccc(S(=O)(=O)c2cc(C)c(C(=O)N=C(N)N)cc2S(C)(=O)=O)cc1.Cc1ccc(Sc2cc(C)c(C(=O)N=C(N)N)cc2S(C)(=O)=O)cc1. The molecule has 0 aliphatic rings.